The fraction of sp³-hybridized carbons (Fsp3) is 0.238. The molecule has 0 aliphatic carbocycles. The van der Waals surface area contributed by atoms with Crippen LogP contribution >= 0.6 is 0 Å². The highest BCUT2D eigenvalue weighted by Crippen LogP contribution is 2.25. The third-order valence-corrected chi connectivity index (χ3v) is 3.91. The minimum absolute atomic E-state index is 0.150. The van der Waals surface area contributed by atoms with Crippen molar-refractivity contribution in [2.24, 2.45) is 0 Å². The number of aryl methyl sites for hydroxylation is 1. The lowest BCUT2D eigenvalue weighted by atomic mass is 9.87. The molecule has 0 amide bonds. The second kappa shape index (κ2) is 6.93. The van der Waals surface area contributed by atoms with E-state index in [2.05, 4.69) is 65.6 Å². The van der Waals surface area contributed by atoms with Gasteiger partial charge in [0.15, 0.2) is 0 Å². The van der Waals surface area contributed by atoms with Crippen LogP contribution in [0.15, 0.2) is 60.7 Å². The second-order valence-electron chi connectivity index (χ2n) is 7.16. The lowest BCUT2D eigenvalue weighted by Crippen LogP contribution is -2.10. The Balaban J connectivity index is 1.78. The van der Waals surface area contributed by atoms with Gasteiger partial charge in [0.1, 0.15) is 5.82 Å². The molecule has 0 aliphatic heterocycles. The number of aromatic nitrogens is 2. The van der Waals surface area contributed by atoms with Gasteiger partial charge in [0, 0.05) is 23.1 Å². The molecule has 0 unspecified atom stereocenters. The van der Waals surface area contributed by atoms with Crippen LogP contribution in [0.5, 0.6) is 0 Å². The molecule has 0 saturated heterocycles. The highest BCUT2D eigenvalue weighted by molar-refractivity contribution is 5.60. The zero-order chi connectivity index (χ0) is 17.9. The van der Waals surface area contributed by atoms with Gasteiger partial charge < -0.3 is 10.6 Å². The van der Waals surface area contributed by atoms with E-state index in [1.165, 1.54) is 5.56 Å². The molecular weight excluding hydrogens is 308 g/mol. The number of nitrogens with one attached hydrogen (secondary N) is 2. The summed E-state index contributed by atoms with van der Waals surface area (Å²) in [6, 6.07) is 20.3. The monoisotopic (exact) mass is 332 g/mol. The Morgan fingerprint density at radius 2 is 1.40 bits per heavy atom. The summed E-state index contributed by atoms with van der Waals surface area (Å²) in [6.45, 7) is 8.60. The number of anilines is 4. The molecule has 4 nitrogen and oxygen atoms in total. The summed E-state index contributed by atoms with van der Waals surface area (Å²) >= 11 is 0. The van der Waals surface area contributed by atoms with Gasteiger partial charge in [0.05, 0.1) is 0 Å². The van der Waals surface area contributed by atoms with Crippen LogP contribution in [0.25, 0.3) is 0 Å². The highest BCUT2D eigenvalue weighted by Gasteiger charge is 2.13. The number of para-hydroxylation sites is 1. The minimum atomic E-state index is 0.150. The maximum absolute atomic E-state index is 4.56. The van der Waals surface area contributed by atoms with Crippen molar-refractivity contribution >= 4 is 23.1 Å². The first-order valence-corrected chi connectivity index (χ1v) is 8.45. The molecule has 0 bridgehead atoms. The van der Waals surface area contributed by atoms with E-state index in [4.69, 9.17) is 0 Å². The van der Waals surface area contributed by atoms with Crippen LogP contribution in [0.1, 0.15) is 32.0 Å². The van der Waals surface area contributed by atoms with E-state index < -0.39 is 0 Å². The molecule has 1 aromatic heterocycles. The first-order valence-electron chi connectivity index (χ1n) is 8.45. The molecule has 0 fully saturated rings. The molecule has 25 heavy (non-hydrogen) atoms. The maximum Gasteiger partial charge on any atom is 0.229 e. The Morgan fingerprint density at radius 3 is 2.04 bits per heavy atom. The first kappa shape index (κ1) is 17.0. The SMILES string of the molecule is Cc1cc(Nc2ccc(C(C)(C)C)cc2)nc(Nc2ccccc2)n1. The van der Waals surface area contributed by atoms with Crippen molar-refractivity contribution in [2.45, 2.75) is 33.1 Å². The summed E-state index contributed by atoms with van der Waals surface area (Å²) in [7, 11) is 0. The maximum atomic E-state index is 4.56. The Bertz CT molecular complexity index is 834. The topological polar surface area (TPSA) is 49.8 Å². The van der Waals surface area contributed by atoms with Crippen molar-refractivity contribution in [3.8, 4) is 0 Å². The van der Waals surface area contributed by atoms with Crippen LogP contribution in [-0.2, 0) is 5.41 Å². The van der Waals surface area contributed by atoms with Crippen LogP contribution in [-0.4, -0.2) is 9.97 Å². The van der Waals surface area contributed by atoms with Crippen LogP contribution in [0.4, 0.5) is 23.1 Å². The first-order chi connectivity index (χ1) is 11.9. The van der Waals surface area contributed by atoms with Crippen molar-refractivity contribution in [2.75, 3.05) is 10.6 Å². The van der Waals surface area contributed by atoms with Crippen molar-refractivity contribution in [1.82, 2.24) is 9.97 Å². The Morgan fingerprint density at radius 1 is 0.760 bits per heavy atom. The van der Waals surface area contributed by atoms with E-state index in [0.29, 0.717) is 5.95 Å². The zero-order valence-electron chi connectivity index (χ0n) is 15.2. The van der Waals surface area contributed by atoms with Gasteiger partial charge in [-0.05, 0) is 42.2 Å². The van der Waals surface area contributed by atoms with Gasteiger partial charge in [-0.2, -0.15) is 4.98 Å². The molecule has 3 aromatic rings. The molecule has 0 atom stereocenters. The summed E-state index contributed by atoms with van der Waals surface area (Å²) in [4.78, 5) is 9.02. The quantitative estimate of drug-likeness (QED) is 0.656. The van der Waals surface area contributed by atoms with E-state index in [1.807, 2.05) is 43.3 Å². The van der Waals surface area contributed by atoms with E-state index in [1.54, 1.807) is 0 Å². The van der Waals surface area contributed by atoms with Gasteiger partial charge in [0.25, 0.3) is 0 Å². The van der Waals surface area contributed by atoms with Gasteiger partial charge >= 0.3 is 0 Å². The minimum Gasteiger partial charge on any atom is -0.340 e. The van der Waals surface area contributed by atoms with Crippen molar-refractivity contribution in [1.29, 1.82) is 0 Å². The largest absolute Gasteiger partial charge is 0.340 e. The number of benzene rings is 2. The predicted octanol–water partition coefficient (Wildman–Crippen LogP) is 5.57. The van der Waals surface area contributed by atoms with Crippen molar-refractivity contribution < 1.29 is 0 Å². The number of hydrogen-bond donors (Lipinski definition) is 2. The summed E-state index contributed by atoms with van der Waals surface area (Å²) in [6.07, 6.45) is 0. The van der Waals surface area contributed by atoms with E-state index >= 15 is 0 Å². The van der Waals surface area contributed by atoms with Gasteiger partial charge in [-0.25, -0.2) is 4.98 Å². The molecule has 2 aromatic carbocycles. The van der Waals surface area contributed by atoms with Crippen molar-refractivity contribution in [3.63, 3.8) is 0 Å². The molecule has 1 heterocycles. The van der Waals surface area contributed by atoms with Crippen LogP contribution in [0.3, 0.4) is 0 Å². The normalized spacial score (nSPS) is 11.2. The number of rotatable bonds is 4. The van der Waals surface area contributed by atoms with Gasteiger partial charge in [-0.15, -0.1) is 0 Å². The molecular formula is C21H24N4. The Kier molecular flexibility index (Phi) is 4.70. The molecule has 4 heteroatoms. The lowest BCUT2D eigenvalue weighted by molar-refractivity contribution is 0.590. The Hall–Kier alpha value is -2.88. The number of hydrogen-bond acceptors (Lipinski definition) is 4. The Labute approximate surface area is 149 Å². The van der Waals surface area contributed by atoms with Crippen LogP contribution < -0.4 is 10.6 Å². The van der Waals surface area contributed by atoms with Crippen LogP contribution in [0.2, 0.25) is 0 Å². The third-order valence-electron chi connectivity index (χ3n) is 3.91. The van der Waals surface area contributed by atoms with Crippen LogP contribution in [0, 0.1) is 6.92 Å². The fourth-order valence-electron chi connectivity index (χ4n) is 2.54. The van der Waals surface area contributed by atoms with Gasteiger partial charge in [-0.3, -0.25) is 0 Å². The predicted molar refractivity (Wildman–Crippen MR) is 105 cm³/mol. The van der Waals surface area contributed by atoms with E-state index in [9.17, 15) is 0 Å². The average Bonchev–Trinajstić information content (AvgIpc) is 2.55. The summed E-state index contributed by atoms with van der Waals surface area (Å²) < 4.78 is 0. The zero-order valence-corrected chi connectivity index (χ0v) is 15.2. The summed E-state index contributed by atoms with van der Waals surface area (Å²) in [5, 5.41) is 6.60. The molecule has 0 radical (unpaired) electrons. The molecule has 3 rings (SSSR count). The average molecular weight is 332 g/mol. The fourth-order valence-corrected chi connectivity index (χ4v) is 2.54. The number of nitrogens with zero attached hydrogens (tertiary/aromatic N) is 2. The highest BCUT2D eigenvalue weighted by atomic mass is 15.1. The molecule has 0 saturated carbocycles. The summed E-state index contributed by atoms with van der Waals surface area (Å²) in [5.41, 5.74) is 4.34. The summed E-state index contributed by atoms with van der Waals surface area (Å²) in [5.74, 6) is 1.36. The van der Waals surface area contributed by atoms with Gasteiger partial charge in [-0.1, -0.05) is 51.1 Å². The lowest BCUT2D eigenvalue weighted by Gasteiger charge is -2.19. The standard InChI is InChI=1S/C21H24N4/c1-15-14-19(23-18-12-10-16(11-13-18)21(2,3)4)25-20(22-15)24-17-8-6-5-7-9-17/h5-14H,1-4H3,(H2,22,23,24,25). The third kappa shape index (κ3) is 4.57. The molecule has 128 valence electrons. The molecule has 0 spiro atoms. The van der Waals surface area contributed by atoms with Crippen molar-refractivity contribution in [3.05, 3.63) is 71.9 Å². The smallest absolute Gasteiger partial charge is 0.229 e. The second-order valence-corrected chi connectivity index (χ2v) is 7.16. The molecule has 0 aliphatic rings. The molecule has 2 N–H and O–H groups in total. The van der Waals surface area contributed by atoms with Gasteiger partial charge in [0.2, 0.25) is 5.95 Å². The van der Waals surface area contributed by atoms with E-state index in [0.717, 1.165) is 22.9 Å². The van der Waals surface area contributed by atoms with E-state index in [-0.39, 0.29) is 5.41 Å².